The monoisotopic (exact) mass is 181 g/mol. The van der Waals surface area contributed by atoms with Gasteiger partial charge in [0.05, 0.1) is 0 Å². The molecule has 0 saturated carbocycles. The van der Waals surface area contributed by atoms with Gasteiger partial charge in [-0.15, -0.1) is 0 Å². The average molecular weight is 181 g/mol. The second-order valence-corrected chi connectivity index (χ2v) is 2.66. The van der Waals surface area contributed by atoms with E-state index in [1.165, 1.54) is 11.1 Å². The molecule has 0 aromatic heterocycles. The Labute approximate surface area is 77.9 Å². The van der Waals surface area contributed by atoms with Crippen LogP contribution in [0, 0.1) is 13.8 Å². The van der Waals surface area contributed by atoms with Gasteiger partial charge in [0.2, 0.25) is 0 Å². The van der Waals surface area contributed by atoms with Gasteiger partial charge in [0, 0.05) is 0 Å². The first-order valence-electron chi connectivity index (χ1n) is 3.85. The number of hydrazine groups is 1. The van der Waals surface area contributed by atoms with Crippen molar-refractivity contribution in [1.29, 1.82) is 0 Å². The third kappa shape index (κ3) is 6.83. The van der Waals surface area contributed by atoms with Crippen LogP contribution in [-0.2, 0) is 0 Å². The molecular formula is C9H15N3O. The summed E-state index contributed by atoms with van der Waals surface area (Å²) in [4.78, 5) is 9.35. The van der Waals surface area contributed by atoms with E-state index < -0.39 is 6.03 Å². The highest BCUT2D eigenvalue weighted by Gasteiger charge is 1.79. The highest BCUT2D eigenvalue weighted by atomic mass is 16.2. The first-order chi connectivity index (χ1) is 6.06. The lowest BCUT2D eigenvalue weighted by atomic mass is 10.2. The number of amides is 2. The van der Waals surface area contributed by atoms with Gasteiger partial charge in [0.1, 0.15) is 0 Å². The van der Waals surface area contributed by atoms with Crippen LogP contribution < -0.4 is 17.0 Å². The lowest BCUT2D eigenvalue weighted by Crippen LogP contribution is -2.34. The number of urea groups is 1. The van der Waals surface area contributed by atoms with Crippen LogP contribution in [0.15, 0.2) is 24.3 Å². The first kappa shape index (κ1) is 11.4. The Kier molecular flexibility index (Phi) is 5.30. The number of hydrogen-bond donors (Lipinski definition) is 3. The molecule has 0 atom stereocenters. The van der Waals surface area contributed by atoms with Gasteiger partial charge in [0.15, 0.2) is 0 Å². The van der Waals surface area contributed by atoms with Crippen molar-refractivity contribution in [1.82, 2.24) is 5.43 Å². The minimum atomic E-state index is -0.718. The number of carbonyl (C=O) groups is 1. The lowest BCUT2D eigenvalue weighted by molar-refractivity contribution is 0.249. The molecule has 0 unspecified atom stereocenters. The van der Waals surface area contributed by atoms with E-state index in [1.54, 1.807) is 5.43 Å². The van der Waals surface area contributed by atoms with E-state index in [2.05, 4.69) is 49.7 Å². The van der Waals surface area contributed by atoms with E-state index in [1.807, 2.05) is 0 Å². The number of hydrogen-bond acceptors (Lipinski definition) is 2. The molecule has 2 amide bonds. The summed E-state index contributed by atoms with van der Waals surface area (Å²) in [5, 5.41) is 0. The molecule has 0 fully saturated rings. The summed E-state index contributed by atoms with van der Waals surface area (Å²) < 4.78 is 0. The number of aryl methyl sites for hydroxylation is 2. The Morgan fingerprint density at radius 3 is 1.54 bits per heavy atom. The fourth-order valence-electron chi connectivity index (χ4n) is 0.637. The van der Waals surface area contributed by atoms with Crippen molar-refractivity contribution in [3.63, 3.8) is 0 Å². The molecule has 1 aromatic carbocycles. The van der Waals surface area contributed by atoms with Crippen LogP contribution >= 0.6 is 0 Å². The molecule has 0 saturated heterocycles. The smallest absolute Gasteiger partial charge is 0.326 e. The molecule has 5 N–H and O–H groups in total. The van der Waals surface area contributed by atoms with Crippen molar-refractivity contribution in [3.05, 3.63) is 35.4 Å². The normalized spacial score (nSPS) is 8.23. The summed E-state index contributed by atoms with van der Waals surface area (Å²) >= 11 is 0. The Bertz CT molecular complexity index is 235. The van der Waals surface area contributed by atoms with Crippen LogP contribution in [0.4, 0.5) is 4.79 Å². The minimum Gasteiger partial charge on any atom is -0.351 e. The summed E-state index contributed by atoms with van der Waals surface area (Å²) in [7, 11) is 0. The van der Waals surface area contributed by atoms with Gasteiger partial charge in [0.25, 0.3) is 0 Å². The van der Waals surface area contributed by atoms with Crippen LogP contribution in [-0.4, -0.2) is 6.03 Å². The molecule has 0 aliphatic heterocycles. The summed E-state index contributed by atoms with van der Waals surface area (Å²) in [6.45, 7) is 4.19. The number of benzene rings is 1. The number of nitrogens with two attached hydrogens (primary N) is 2. The van der Waals surface area contributed by atoms with Crippen LogP contribution in [0.3, 0.4) is 0 Å². The van der Waals surface area contributed by atoms with Crippen molar-refractivity contribution >= 4 is 6.03 Å². The third-order valence-electron chi connectivity index (χ3n) is 1.36. The zero-order chi connectivity index (χ0) is 10.3. The second kappa shape index (κ2) is 6.02. The van der Waals surface area contributed by atoms with Gasteiger partial charge < -0.3 is 5.73 Å². The predicted molar refractivity (Wildman–Crippen MR) is 52.8 cm³/mol. The Hall–Kier alpha value is -1.55. The average Bonchev–Trinajstić information content (AvgIpc) is 2.11. The molecule has 13 heavy (non-hydrogen) atoms. The van der Waals surface area contributed by atoms with Crippen molar-refractivity contribution in [2.24, 2.45) is 11.6 Å². The molecule has 0 radical (unpaired) electrons. The highest BCUT2D eigenvalue weighted by Crippen LogP contribution is 1.99. The molecule has 1 aromatic rings. The topological polar surface area (TPSA) is 81.1 Å². The number of rotatable bonds is 0. The maximum absolute atomic E-state index is 9.35. The van der Waals surface area contributed by atoms with Crippen molar-refractivity contribution < 1.29 is 4.79 Å². The van der Waals surface area contributed by atoms with Gasteiger partial charge in [-0.05, 0) is 13.8 Å². The van der Waals surface area contributed by atoms with E-state index in [-0.39, 0.29) is 0 Å². The molecule has 72 valence electrons. The molecule has 1 rings (SSSR count). The molecule has 0 heterocycles. The number of primary amides is 1. The van der Waals surface area contributed by atoms with Gasteiger partial charge in [-0.2, -0.15) is 0 Å². The zero-order valence-electron chi connectivity index (χ0n) is 7.87. The zero-order valence-corrected chi connectivity index (χ0v) is 7.87. The van der Waals surface area contributed by atoms with Gasteiger partial charge in [-0.1, -0.05) is 35.4 Å². The number of carbonyl (C=O) groups excluding carboxylic acids is 1. The molecule has 0 aliphatic carbocycles. The molecule has 0 aliphatic rings. The summed E-state index contributed by atoms with van der Waals surface area (Å²) in [5.41, 5.74) is 8.74. The van der Waals surface area contributed by atoms with Crippen LogP contribution in [0.25, 0.3) is 0 Å². The van der Waals surface area contributed by atoms with Crippen molar-refractivity contribution in [3.8, 4) is 0 Å². The summed E-state index contributed by atoms with van der Waals surface area (Å²) in [5.74, 6) is 4.45. The molecule has 4 heteroatoms. The molecular weight excluding hydrogens is 166 g/mol. The standard InChI is InChI=1S/C8H10.CH5N3O/c1-7-3-5-8(2)6-4-7;2-1(5)4-3/h3-6H,1-2H3;3H2,(H3,2,4,5). The quantitative estimate of drug-likeness (QED) is 0.315. The van der Waals surface area contributed by atoms with Crippen LogP contribution in [0.5, 0.6) is 0 Å². The second-order valence-electron chi connectivity index (χ2n) is 2.66. The van der Waals surface area contributed by atoms with Crippen molar-refractivity contribution in [2.75, 3.05) is 0 Å². The third-order valence-corrected chi connectivity index (χ3v) is 1.36. The van der Waals surface area contributed by atoms with E-state index in [0.29, 0.717) is 0 Å². The largest absolute Gasteiger partial charge is 0.351 e. The van der Waals surface area contributed by atoms with Crippen LogP contribution in [0.1, 0.15) is 11.1 Å². The van der Waals surface area contributed by atoms with Gasteiger partial charge in [-0.3, -0.25) is 5.43 Å². The van der Waals surface area contributed by atoms with E-state index >= 15 is 0 Å². The summed E-state index contributed by atoms with van der Waals surface area (Å²) in [6, 6.07) is 7.76. The van der Waals surface area contributed by atoms with Crippen LogP contribution in [0.2, 0.25) is 0 Å². The minimum absolute atomic E-state index is 0.718. The molecule has 0 spiro atoms. The SMILES string of the molecule is Cc1ccc(C)cc1.NNC(N)=O. The van der Waals surface area contributed by atoms with E-state index in [4.69, 9.17) is 0 Å². The number of nitrogens with one attached hydrogen (secondary N) is 1. The van der Waals surface area contributed by atoms with Gasteiger partial charge >= 0.3 is 6.03 Å². The maximum Gasteiger partial charge on any atom is 0.326 e. The Balaban J connectivity index is 0.000000252. The van der Waals surface area contributed by atoms with Crippen molar-refractivity contribution in [2.45, 2.75) is 13.8 Å². The van der Waals surface area contributed by atoms with E-state index in [0.717, 1.165) is 0 Å². The first-order valence-corrected chi connectivity index (χ1v) is 3.85. The lowest BCUT2D eigenvalue weighted by Gasteiger charge is -1.90. The van der Waals surface area contributed by atoms with Gasteiger partial charge in [-0.25, -0.2) is 10.6 Å². The van der Waals surface area contributed by atoms with E-state index in [9.17, 15) is 4.79 Å². The predicted octanol–water partition coefficient (Wildman–Crippen LogP) is 0.832. The fourth-order valence-corrected chi connectivity index (χ4v) is 0.637. The molecule has 4 nitrogen and oxygen atoms in total. The highest BCUT2D eigenvalue weighted by molar-refractivity contribution is 5.70. The summed E-state index contributed by atoms with van der Waals surface area (Å²) in [6.07, 6.45) is 0. The Morgan fingerprint density at radius 2 is 1.38 bits per heavy atom. The Morgan fingerprint density at radius 1 is 1.15 bits per heavy atom. The fraction of sp³-hybridized carbons (Fsp3) is 0.222. The maximum atomic E-state index is 9.35. The molecule has 0 bridgehead atoms.